The molecule has 3 aliphatic carbocycles. The average Bonchev–Trinajstić information content (AvgIpc) is 2.64. The van der Waals surface area contributed by atoms with Crippen molar-refractivity contribution in [2.45, 2.75) is 32.6 Å². The normalized spacial score (nSPS) is 30.3. The van der Waals surface area contributed by atoms with Crippen molar-refractivity contribution in [3.05, 3.63) is 34.4 Å². The van der Waals surface area contributed by atoms with Crippen LogP contribution in [0.4, 0.5) is 0 Å². The summed E-state index contributed by atoms with van der Waals surface area (Å²) < 4.78 is 4.72. The predicted molar refractivity (Wildman–Crippen MR) is 64.5 cm³/mol. The third-order valence-corrected chi connectivity index (χ3v) is 5.26. The summed E-state index contributed by atoms with van der Waals surface area (Å²) in [7, 11) is 0. The van der Waals surface area contributed by atoms with Crippen molar-refractivity contribution in [3.63, 3.8) is 0 Å². The third kappa shape index (κ3) is 0.972. The van der Waals surface area contributed by atoms with Gasteiger partial charge in [-0.3, -0.25) is 0 Å². The lowest BCUT2D eigenvalue weighted by molar-refractivity contribution is 0.0179. The van der Waals surface area contributed by atoms with Gasteiger partial charge in [-0.25, -0.2) is 9.59 Å². The van der Waals surface area contributed by atoms with Crippen LogP contribution in [-0.2, 0) is 11.2 Å². The van der Waals surface area contributed by atoms with E-state index in [4.69, 9.17) is 4.74 Å². The molecule has 1 aromatic rings. The molecule has 1 aliphatic heterocycles. The van der Waals surface area contributed by atoms with E-state index in [0.29, 0.717) is 28.4 Å². The van der Waals surface area contributed by atoms with Crippen molar-refractivity contribution in [3.8, 4) is 0 Å². The first-order valence-corrected chi connectivity index (χ1v) is 6.42. The van der Waals surface area contributed by atoms with E-state index < -0.39 is 11.9 Å². The number of carbonyl (C=O) groups excluding carboxylic acids is 2. The first-order chi connectivity index (χ1) is 8.50. The van der Waals surface area contributed by atoms with Crippen molar-refractivity contribution in [2.24, 2.45) is 11.3 Å². The van der Waals surface area contributed by atoms with Crippen LogP contribution < -0.4 is 0 Å². The van der Waals surface area contributed by atoms with Crippen LogP contribution >= 0.6 is 0 Å². The Morgan fingerprint density at radius 2 is 2.00 bits per heavy atom. The van der Waals surface area contributed by atoms with Gasteiger partial charge in [-0.05, 0) is 47.3 Å². The highest BCUT2D eigenvalue weighted by Gasteiger charge is 2.54. The van der Waals surface area contributed by atoms with Gasteiger partial charge in [0.2, 0.25) is 0 Å². The molecule has 3 heteroatoms. The number of rotatable bonds is 0. The van der Waals surface area contributed by atoms with E-state index in [1.807, 2.05) is 6.07 Å². The molecule has 0 saturated heterocycles. The highest BCUT2D eigenvalue weighted by molar-refractivity contribution is 6.15. The smallest absolute Gasteiger partial charge is 0.347 e. The maximum Gasteiger partial charge on any atom is 0.347 e. The van der Waals surface area contributed by atoms with E-state index in [1.54, 1.807) is 6.07 Å². The molecule has 1 fully saturated rings. The molecule has 0 spiro atoms. The van der Waals surface area contributed by atoms with E-state index in [1.165, 1.54) is 12.0 Å². The fraction of sp³-hybridized carbons (Fsp3) is 0.467. The monoisotopic (exact) mass is 242 g/mol. The summed E-state index contributed by atoms with van der Waals surface area (Å²) >= 11 is 0. The highest BCUT2D eigenvalue weighted by Crippen LogP contribution is 2.62. The Bertz CT molecular complexity index is 612. The number of ether oxygens (including phenoxy) is 1. The van der Waals surface area contributed by atoms with Crippen molar-refractivity contribution in [1.29, 1.82) is 0 Å². The lowest BCUT2D eigenvalue weighted by Gasteiger charge is -2.57. The SMILES string of the molecule is CC1(C)[C@@H]2Cc3c(ccc4c3C(=O)OC4=O)[C@@H]1C2. The molecule has 0 unspecified atom stereocenters. The zero-order valence-electron chi connectivity index (χ0n) is 10.4. The molecule has 3 nitrogen and oxygen atoms in total. The van der Waals surface area contributed by atoms with Gasteiger partial charge in [-0.15, -0.1) is 0 Å². The van der Waals surface area contributed by atoms with Gasteiger partial charge < -0.3 is 4.74 Å². The molecule has 18 heavy (non-hydrogen) atoms. The number of esters is 2. The van der Waals surface area contributed by atoms with Crippen LogP contribution in [0.5, 0.6) is 0 Å². The summed E-state index contributed by atoms with van der Waals surface area (Å²) in [6.45, 7) is 4.59. The molecule has 1 saturated carbocycles. The van der Waals surface area contributed by atoms with E-state index in [-0.39, 0.29) is 0 Å². The number of hydrogen-bond donors (Lipinski definition) is 0. The van der Waals surface area contributed by atoms with Gasteiger partial charge in [-0.1, -0.05) is 19.9 Å². The van der Waals surface area contributed by atoms with Crippen LogP contribution in [-0.4, -0.2) is 11.9 Å². The summed E-state index contributed by atoms with van der Waals surface area (Å²) in [4.78, 5) is 23.3. The van der Waals surface area contributed by atoms with E-state index in [9.17, 15) is 9.59 Å². The number of carbonyl (C=O) groups is 2. The van der Waals surface area contributed by atoms with Gasteiger partial charge in [-0.2, -0.15) is 0 Å². The molecule has 2 atom stereocenters. The lowest BCUT2D eigenvalue weighted by atomic mass is 9.47. The Labute approximate surface area is 105 Å². The molecule has 2 bridgehead atoms. The highest BCUT2D eigenvalue weighted by atomic mass is 16.6. The van der Waals surface area contributed by atoms with Crippen LogP contribution in [0.3, 0.4) is 0 Å². The van der Waals surface area contributed by atoms with Gasteiger partial charge in [0.25, 0.3) is 0 Å². The summed E-state index contributed by atoms with van der Waals surface area (Å²) in [5.41, 5.74) is 3.66. The number of hydrogen-bond acceptors (Lipinski definition) is 3. The summed E-state index contributed by atoms with van der Waals surface area (Å²) in [5, 5.41) is 0. The Morgan fingerprint density at radius 1 is 1.22 bits per heavy atom. The molecule has 5 rings (SSSR count). The fourth-order valence-electron chi connectivity index (χ4n) is 3.94. The molecular weight excluding hydrogens is 228 g/mol. The molecule has 0 N–H and O–H groups in total. The number of cyclic esters (lactones) is 2. The van der Waals surface area contributed by atoms with Crippen molar-refractivity contribution in [1.82, 2.24) is 0 Å². The molecule has 0 aromatic heterocycles. The van der Waals surface area contributed by atoms with E-state index >= 15 is 0 Å². The van der Waals surface area contributed by atoms with Crippen molar-refractivity contribution >= 4 is 11.9 Å². The Balaban J connectivity index is 1.96. The largest absolute Gasteiger partial charge is 0.386 e. The van der Waals surface area contributed by atoms with Gasteiger partial charge in [0.15, 0.2) is 0 Å². The first kappa shape index (κ1) is 10.3. The topological polar surface area (TPSA) is 43.4 Å². The van der Waals surface area contributed by atoms with Gasteiger partial charge in [0.05, 0.1) is 11.1 Å². The lowest BCUT2D eigenvalue weighted by Crippen LogP contribution is -2.48. The molecule has 1 aromatic carbocycles. The zero-order valence-corrected chi connectivity index (χ0v) is 10.4. The predicted octanol–water partition coefficient (Wildman–Crippen LogP) is 2.68. The Morgan fingerprint density at radius 3 is 2.72 bits per heavy atom. The van der Waals surface area contributed by atoms with Gasteiger partial charge >= 0.3 is 11.9 Å². The van der Waals surface area contributed by atoms with Crippen LogP contribution in [0, 0.1) is 11.3 Å². The summed E-state index contributed by atoms with van der Waals surface area (Å²) in [5.74, 6) is 0.215. The Kier molecular flexibility index (Phi) is 1.63. The Hall–Kier alpha value is -1.64. The van der Waals surface area contributed by atoms with Crippen LogP contribution in [0.15, 0.2) is 12.1 Å². The second-order valence-electron chi connectivity index (χ2n) is 6.24. The minimum Gasteiger partial charge on any atom is -0.386 e. The maximum atomic E-state index is 11.8. The molecule has 1 heterocycles. The second kappa shape index (κ2) is 2.85. The molecular formula is C15H14O3. The van der Waals surface area contributed by atoms with Crippen molar-refractivity contribution in [2.75, 3.05) is 0 Å². The van der Waals surface area contributed by atoms with Gasteiger partial charge in [0.1, 0.15) is 0 Å². The minimum absolute atomic E-state index is 0.327. The second-order valence-corrected chi connectivity index (χ2v) is 6.24. The zero-order chi connectivity index (χ0) is 12.7. The minimum atomic E-state index is -0.490. The molecule has 92 valence electrons. The molecule has 0 amide bonds. The van der Waals surface area contributed by atoms with E-state index in [2.05, 4.69) is 13.8 Å². The average molecular weight is 242 g/mol. The maximum absolute atomic E-state index is 11.8. The van der Waals surface area contributed by atoms with E-state index in [0.717, 1.165) is 12.0 Å². The third-order valence-electron chi connectivity index (χ3n) is 5.26. The summed E-state index contributed by atoms with van der Waals surface area (Å²) in [6.07, 6.45) is 2.12. The van der Waals surface area contributed by atoms with Crippen LogP contribution in [0.1, 0.15) is 58.0 Å². The summed E-state index contributed by atoms with van der Waals surface area (Å²) in [6, 6.07) is 3.78. The standard InChI is InChI=1S/C15H14O3/c1-15(2)7-5-10-8(11(15)6-7)3-4-9-12(10)14(17)18-13(9)16/h3-4,7,11H,5-6H2,1-2H3/t7-,11+/m1/s1. The van der Waals surface area contributed by atoms with Crippen LogP contribution in [0.2, 0.25) is 0 Å². The quantitative estimate of drug-likeness (QED) is 0.519. The molecule has 0 radical (unpaired) electrons. The number of benzene rings is 1. The van der Waals surface area contributed by atoms with Gasteiger partial charge in [0, 0.05) is 0 Å². The molecule has 4 aliphatic rings. The van der Waals surface area contributed by atoms with Crippen molar-refractivity contribution < 1.29 is 14.3 Å². The number of fused-ring (bicyclic) bond motifs is 1. The first-order valence-electron chi connectivity index (χ1n) is 6.42. The van der Waals surface area contributed by atoms with Crippen LogP contribution in [0.25, 0.3) is 0 Å². The fourth-order valence-corrected chi connectivity index (χ4v) is 3.94.